The molecule has 0 fully saturated rings. The Bertz CT molecular complexity index is 814. The van der Waals surface area contributed by atoms with Crippen molar-refractivity contribution in [3.05, 3.63) is 92.6 Å². The molecule has 1 unspecified atom stereocenters. The second-order valence-corrected chi connectivity index (χ2v) is 7.02. The van der Waals surface area contributed by atoms with Gasteiger partial charge in [0.1, 0.15) is 0 Å². The van der Waals surface area contributed by atoms with Gasteiger partial charge < -0.3 is 10.1 Å². The van der Waals surface area contributed by atoms with Crippen LogP contribution in [0.15, 0.2) is 66.0 Å². The van der Waals surface area contributed by atoms with Gasteiger partial charge in [0.05, 0.1) is 12.6 Å². The van der Waals surface area contributed by atoms with Crippen molar-refractivity contribution in [1.82, 2.24) is 5.32 Å². The van der Waals surface area contributed by atoms with Crippen molar-refractivity contribution >= 4 is 28.8 Å². The Morgan fingerprint density at radius 3 is 2.44 bits per heavy atom. The lowest BCUT2D eigenvalue weighted by molar-refractivity contribution is 0.0943. The van der Waals surface area contributed by atoms with Crippen molar-refractivity contribution in [2.75, 3.05) is 7.11 Å². The van der Waals surface area contributed by atoms with Gasteiger partial charge in [-0.1, -0.05) is 41.9 Å². The largest absolute Gasteiger partial charge is 0.380 e. The number of carbonyl (C=O) groups excluding carboxylic acids is 1. The Morgan fingerprint density at radius 2 is 1.84 bits per heavy atom. The van der Waals surface area contributed by atoms with Crippen molar-refractivity contribution in [1.29, 1.82) is 0 Å². The van der Waals surface area contributed by atoms with Crippen molar-refractivity contribution in [3.63, 3.8) is 0 Å². The summed E-state index contributed by atoms with van der Waals surface area (Å²) < 4.78 is 5.10. The number of rotatable bonds is 6. The Labute approximate surface area is 156 Å². The van der Waals surface area contributed by atoms with E-state index in [2.05, 4.69) is 5.32 Å². The number of ether oxygens (including phenoxy) is 1. The van der Waals surface area contributed by atoms with Gasteiger partial charge in [-0.25, -0.2) is 0 Å². The van der Waals surface area contributed by atoms with Gasteiger partial charge in [-0.05, 0) is 46.8 Å². The topological polar surface area (TPSA) is 38.3 Å². The number of nitrogens with one attached hydrogen (secondary N) is 1. The van der Waals surface area contributed by atoms with Gasteiger partial charge in [-0.15, -0.1) is 11.3 Å². The molecule has 0 aliphatic rings. The van der Waals surface area contributed by atoms with E-state index in [0.29, 0.717) is 17.2 Å². The molecule has 25 heavy (non-hydrogen) atoms. The SMILES string of the molecule is COCc1ccc(C(=O)NC(c2ccc(Cl)cc2)c2cccs2)cc1. The van der Waals surface area contributed by atoms with Crippen molar-refractivity contribution < 1.29 is 9.53 Å². The Morgan fingerprint density at radius 1 is 1.12 bits per heavy atom. The van der Waals surface area contributed by atoms with Crippen molar-refractivity contribution in [2.24, 2.45) is 0 Å². The van der Waals surface area contributed by atoms with Gasteiger partial charge in [-0.2, -0.15) is 0 Å². The lowest BCUT2D eigenvalue weighted by atomic mass is 10.0. The summed E-state index contributed by atoms with van der Waals surface area (Å²) in [6.45, 7) is 0.532. The molecular weight excluding hydrogens is 354 g/mol. The molecule has 1 atom stereocenters. The highest BCUT2D eigenvalue weighted by molar-refractivity contribution is 7.10. The quantitative estimate of drug-likeness (QED) is 0.657. The molecule has 3 aromatic rings. The minimum absolute atomic E-state index is 0.114. The predicted octanol–water partition coefficient (Wildman–Crippen LogP) is 5.07. The number of methoxy groups -OCH3 is 1. The zero-order chi connectivity index (χ0) is 17.6. The highest BCUT2D eigenvalue weighted by Gasteiger charge is 2.18. The minimum Gasteiger partial charge on any atom is -0.380 e. The van der Waals surface area contributed by atoms with Gasteiger partial charge in [0.2, 0.25) is 0 Å². The molecule has 0 bridgehead atoms. The first-order valence-corrected chi connectivity index (χ1v) is 9.11. The molecule has 128 valence electrons. The maximum atomic E-state index is 12.7. The van der Waals surface area contributed by atoms with Crippen molar-refractivity contribution in [3.8, 4) is 0 Å². The Hall–Kier alpha value is -2.14. The molecule has 0 radical (unpaired) electrons. The lowest BCUT2D eigenvalue weighted by Gasteiger charge is -2.18. The lowest BCUT2D eigenvalue weighted by Crippen LogP contribution is -2.28. The number of hydrogen-bond donors (Lipinski definition) is 1. The fourth-order valence-corrected chi connectivity index (χ4v) is 3.49. The van der Waals surface area contributed by atoms with Crippen LogP contribution < -0.4 is 5.32 Å². The van der Waals surface area contributed by atoms with Crippen LogP contribution in [0.4, 0.5) is 0 Å². The molecule has 3 nitrogen and oxygen atoms in total. The third-order valence-corrected chi connectivity index (χ3v) is 5.02. The van der Waals surface area contributed by atoms with E-state index in [0.717, 1.165) is 16.0 Å². The third-order valence-electron chi connectivity index (χ3n) is 3.83. The fraction of sp³-hybridized carbons (Fsp3) is 0.150. The molecule has 3 rings (SSSR count). The van der Waals surface area contributed by atoms with E-state index in [9.17, 15) is 4.79 Å². The first kappa shape index (κ1) is 17.7. The first-order valence-electron chi connectivity index (χ1n) is 7.85. The molecule has 0 saturated carbocycles. The zero-order valence-corrected chi connectivity index (χ0v) is 15.3. The van der Waals surface area contributed by atoms with Crippen LogP contribution in [0, 0.1) is 0 Å². The molecule has 0 aliphatic carbocycles. The first-order chi connectivity index (χ1) is 12.2. The number of carbonyl (C=O) groups is 1. The normalized spacial score (nSPS) is 11.9. The average molecular weight is 372 g/mol. The van der Waals surface area contributed by atoms with Crippen LogP contribution in [0.2, 0.25) is 5.02 Å². The second kappa shape index (κ2) is 8.30. The standard InChI is InChI=1S/C20H18ClNO2S/c1-24-13-14-4-6-16(7-5-14)20(23)22-19(18-3-2-12-25-18)15-8-10-17(21)11-9-15/h2-12,19H,13H2,1H3,(H,22,23). The van der Waals surface area contributed by atoms with E-state index in [1.54, 1.807) is 18.4 Å². The van der Waals surface area contributed by atoms with E-state index in [1.807, 2.05) is 66.0 Å². The van der Waals surface area contributed by atoms with Gasteiger partial charge in [0.15, 0.2) is 0 Å². The summed E-state index contributed by atoms with van der Waals surface area (Å²) in [5.74, 6) is -0.114. The molecule has 0 spiro atoms. The number of amides is 1. The van der Waals surface area contributed by atoms with Gasteiger partial charge in [-0.3, -0.25) is 4.79 Å². The maximum absolute atomic E-state index is 12.7. The zero-order valence-electron chi connectivity index (χ0n) is 13.7. The molecule has 1 N–H and O–H groups in total. The molecular formula is C20H18ClNO2S. The third kappa shape index (κ3) is 4.48. The fourth-order valence-electron chi connectivity index (χ4n) is 2.56. The Kier molecular flexibility index (Phi) is 5.87. The Balaban J connectivity index is 1.82. The number of halogens is 1. The molecule has 1 amide bonds. The summed E-state index contributed by atoms with van der Waals surface area (Å²) in [4.78, 5) is 13.8. The van der Waals surface area contributed by atoms with Crippen molar-refractivity contribution in [2.45, 2.75) is 12.6 Å². The molecule has 2 aromatic carbocycles. The summed E-state index contributed by atoms with van der Waals surface area (Å²) >= 11 is 7.60. The van der Waals surface area contributed by atoms with Crippen LogP contribution in [0.3, 0.4) is 0 Å². The molecule has 0 aliphatic heterocycles. The number of hydrogen-bond acceptors (Lipinski definition) is 3. The van der Waals surface area contributed by atoms with Gasteiger partial charge in [0, 0.05) is 22.6 Å². The maximum Gasteiger partial charge on any atom is 0.252 e. The summed E-state index contributed by atoms with van der Waals surface area (Å²) in [6.07, 6.45) is 0. The van der Waals surface area contributed by atoms with Crippen LogP contribution in [-0.4, -0.2) is 13.0 Å². The van der Waals surface area contributed by atoms with Gasteiger partial charge in [0.25, 0.3) is 5.91 Å². The number of thiophene rings is 1. The van der Waals surface area contributed by atoms with E-state index in [4.69, 9.17) is 16.3 Å². The smallest absolute Gasteiger partial charge is 0.252 e. The summed E-state index contributed by atoms with van der Waals surface area (Å²) in [6, 6.07) is 18.8. The van der Waals surface area contributed by atoms with Crippen LogP contribution in [0.1, 0.15) is 32.4 Å². The summed E-state index contributed by atoms with van der Waals surface area (Å²) in [5, 5.41) is 5.80. The minimum atomic E-state index is -0.205. The van der Waals surface area contributed by atoms with Gasteiger partial charge >= 0.3 is 0 Å². The van der Waals surface area contributed by atoms with Crippen LogP contribution in [0.25, 0.3) is 0 Å². The van der Waals surface area contributed by atoms with E-state index in [-0.39, 0.29) is 11.9 Å². The second-order valence-electron chi connectivity index (χ2n) is 5.60. The molecule has 1 heterocycles. The predicted molar refractivity (Wildman–Crippen MR) is 102 cm³/mol. The van der Waals surface area contributed by atoms with Crippen LogP contribution in [0.5, 0.6) is 0 Å². The van der Waals surface area contributed by atoms with E-state index < -0.39 is 0 Å². The van der Waals surface area contributed by atoms with Crippen LogP contribution >= 0.6 is 22.9 Å². The van der Waals surface area contributed by atoms with Crippen LogP contribution in [-0.2, 0) is 11.3 Å². The highest BCUT2D eigenvalue weighted by atomic mass is 35.5. The summed E-state index contributed by atoms with van der Waals surface area (Å²) in [7, 11) is 1.65. The van der Waals surface area contributed by atoms with E-state index in [1.165, 1.54) is 0 Å². The number of benzene rings is 2. The molecule has 1 aromatic heterocycles. The highest BCUT2D eigenvalue weighted by Crippen LogP contribution is 2.27. The molecule has 0 saturated heterocycles. The van der Waals surface area contributed by atoms with E-state index >= 15 is 0 Å². The molecule has 5 heteroatoms. The summed E-state index contributed by atoms with van der Waals surface area (Å²) in [5.41, 5.74) is 2.65. The monoisotopic (exact) mass is 371 g/mol. The average Bonchev–Trinajstić information content (AvgIpc) is 3.16.